The predicted octanol–water partition coefficient (Wildman–Crippen LogP) is 3.08. The Morgan fingerprint density at radius 3 is 2.29 bits per heavy atom. The van der Waals surface area contributed by atoms with Gasteiger partial charge in [0, 0.05) is 12.5 Å². The van der Waals surface area contributed by atoms with Gasteiger partial charge in [-0.1, -0.05) is 0 Å². The quantitative estimate of drug-likeness (QED) is 0.742. The van der Waals surface area contributed by atoms with Crippen molar-refractivity contribution in [1.82, 2.24) is 0 Å². The number of benzene rings is 1. The molecule has 0 saturated heterocycles. The molecule has 2 nitrogen and oxygen atoms in total. The van der Waals surface area contributed by atoms with Crippen molar-refractivity contribution in [1.29, 1.82) is 0 Å². The normalized spacial score (nSPS) is 23.1. The molecule has 0 aliphatic heterocycles. The Kier molecular flexibility index (Phi) is 3.13. The summed E-state index contributed by atoms with van der Waals surface area (Å²) in [7, 11) is 0. The third-order valence-corrected chi connectivity index (χ3v) is 3.20. The summed E-state index contributed by atoms with van der Waals surface area (Å²) in [5.74, 6) is -1.26. The van der Waals surface area contributed by atoms with E-state index < -0.39 is 11.6 Å². The zero-order valence-corrected chi connectivity index (χ0v) is 9.80. The molecule has 0 atom stereocenters. The van der Waals surface area contributed by atoms with E-state index in [0.717, 1.165) is 0 Å². The lowest BCUT2D eigenvalue weighted by Gasteiger charge is -2.34. The maximum Gasteiger partial charge on any atom is 0.302 e. The zero-order valence-electron chi connectivity index (χ0n) is 9.80. The number of carbonyl (C=O) groups excluding carboxylic acids is 1. The van der Waals surface area contributed by atoms with Gasteiger partial charge >= 0.3 is 5.97 Å². The van der Waals surface area contributed by atoms with Crippen LogP contribution in [0.4, 0.5) is 8.78 Å². The van der Waals surface area contributed by atoms with Gasteiger partial charge in [-0.3, -0.25) is 4.79 Å². The molecule has 0 aromatic heterocycles. The molecular formula is C13H14F2O2. The Balaban J connectivity index is 2.04. The van der Waals surface area contributed by atoms with E-state index in [-0.39, 0.29) is 23.6 Å². The van der Waals surface area contributed by atoms with Gasteiger partial charge in [0.25, 0.3) is 0 Å². The van der Waals surface area contributed by atoms with Gasteiger partial charge < -0.3 is 4.74 Å². The standard InChI is InChI=1S/C13H14F2O2/c1-7-12(14)5-10(6-13(7)15)9-3-11(4-9)17-8(2)16/h5-6,9,11H,3-4H2,1-2H3. The van der Waals surface area contributed by atoms with Crippen LogP contribution in [0.5, 0.6) is 0 Å². The van der Waals surface area contributed by atoms with Crippen molar-refractivity contribution in [2.24, 2.45) is 0 Å². The minimum Gasteiger partial charge on any atom is -0.463 e. The Morgan fingerprint density at radius 1 is 1.29 bits per heavy atom. The topological polar surface area (TPSA) is 26.3 Å². The fraction of sp³-hybridized carbons (Fsp3) is 0.462. The molecule has 1 aliphatic carbocycles. The molecule has 4 heteroatoms. The monoisotopic (exact) mass is 240 g/mol. The van der Waals surface area contributed by atoms with E-state index in [9.17, 15) is 13.6 Å². The first-order chi connectivity index (χ1) is 7.97. The first-order valence-electron chi connectivity index (χ1n) is 5.60. The Hall–Kier alpha value is -1.45. The lowest BCUT2D eigenvalue weighted by molar-refractivity contribution is -0.151. The number of hydrogen-bond donors (Lipinski definition) is 0. The highest BCUT2D eigenvalue weighted by molar-refractivity contribution is 5.66. The molecule has 0 N–H and O–H groups in total. The second-order valence-corrected chi connectivity index (χ2v) is 4.51. The molecule has 92 valence electrons. The molecule has 1 aliphatic rings. The minimum atomic E-state index is -0.518. The third kappa shape index (κ3) is 2.46. The second-order valence-electron chi connectivity index (χ2n) is 4.51. The number of hydrogen-bond acceptors (Lipinski definition) is 2. The first kappa shape index (κ1) is 12.0. The van der Waals surface area contributed by atoms with Crippen molar-refractivity contribution in [2.75, 3.05) is 0 Å². The summed E-state index contributed by atoms with van der Waals surface area (Å²) >= 11 is 0. The minimum absolute atomic E-state index is 0.0459. The fourth-order valence-electron chi connectivity index (χ4n) is 2.07. The molecule has 0 bridgehead atoms. The smallest absolute Gasteiger partial charge is 0.302 e. The molecule has 0 amide bonds. The molecule has 1 aromatic carbocycles. The number of esters is 1. The lowest BCUT2D eigenvalue weighted by Crippen LogP contribution is -2.31. The van der Waals surface area contributed by atoms with Gasteiger partial charge in [-0.25, -0.2) is 8.78 Å². The van der Waals surface area contributed by atoms with Crippen molar-refractivity contribution in [2.45, 2.75) is 38.7 Å². The molecule has 1 saturated carbocycles. The van der Waals surface area contributed by atoms with Gasteiger partial charge in [0.05, 0.1) is 0 Å². The van der Waals surface area contributed by atoms with Crippen molar-refractivity contribution < 1.29 is 18.3 Å². The van der Waals surface area contributed by atoms with Gasteiger partial charge in [0.2, 0.25) is 0 Å². The van der Waals surface area contributed by atoms with Crippen LogP contribution in [-0.2, 0) is 9.53 Å². The molecule has 1 aromatic rings. The number of carbonyl (C=O) groups is 1. The zero-order chi connectivity index (χ0) is 12.6. The summed E-state index contributed by atoms with van der Waals surface area (Å²) in [5.41, 5.74) is 0.693. The molecule has 0 unspecified atom stereocenters. The van der Waals surface area contributed by atoms with Gasteiger partial charge in [0.1, 0.15) is 17.7 Å². The lowest BCUT2D eigenvalue weighted by atomic mass is 9.77. The highest BCUT2D eigenvalue weighted by Crippen LogP contribution is 2.39. The summed E-state index contributed by atoms with van der Waals surface area (Å²) in [4.78, 5) is 10.7. The highest BCUT2D eigenvalue weighted by Gasteiger charge is 2.33. The summed E-state index contributed by atoms with van der Waals surface area (Å²) in [6, 6.07) is 2.74. The molecule has 0 heterocycles. The summed E-state index contributed by atoms with van der Waals surface area (Å²) in [6.07, 6.45) is 1.17. The summed E-state index contributed by atoms with van der Waals surface area (Å²) < 4.78 is 31.7. The Bertz CT molecular complexity index is 428. The van der Waals surface area contributed by atoms with E-state index in [2.05, 4.69) is 0 Å². The van der Waals surface area contributed by atoms with E-state index in [1.54, 1.807) is 0 Å². The largest absolute Gasteiger partial charge is 0.463 e. The van der Waals surface area contributed by atoms with Crippen LogP contribution in [0.15, 0.2) is 12.1 Å². The summed E-state index contributed by atoms with van der Waals surface area (Å²) in [5, 5.41) is 0. The van der Waals surface area contributed by atoms with Crippen LogP contribution in [-0.4, -0.2) is 12.1 Å². The van der Waals surface area contributed by atoms with Crippen LogP contribution in [0.1, 0.15) is 36.8 Å². The second kappa shape index (κ2) is 4.43. The third-order valence-electron chi connectivity index (χ3n) is 3.20. The molecule has 2 rings (SSSR count). The highest BCUT2D eigenvalue weighted by atomic mass is 19.1. The number of rotatable bonds is 2. The molecule has 17 heavy (non-hydrogen) atoms. The number of ether oxygens (including phenoxy) is 1. The van der Waals surface area contributed by atoms with Gasteiger partial charge in [-0.05, 0) is 43.4 Å². The van der Waals surface area contributed by atoms with E-state index >= 15 is 0 Å². The average Bonchev–Trinajstić information content (AvgIpc) is 2.18. The van der Waals surface area contributed by atoms with Gasteiger partial charge in [0.15, 0.2) is 0 Å². The van der Waals surface area contributed by atoms with Crippen molar-refractivity contribution in [3.05, 3.63) is 34.9 Å². The van der Waals surface area contributed by atoms with Crippen molar-refractivity contribution in [3.8, 4) is 0 Å². The van der Waals surface area contributed by atoms with E-state index in [1.165, 1.54) is 26.0 Å². The Labute approximate surface area is 98.6 Å². The van der Waals surface area contributed by atoms with Crippen LogP contribution in [0.3, 0.4) is 0 Å². The van der Waals surface area contributed by atoms with Crippen molar-refractivity contribution >= 4 is 5.97 Å². The maximum atomic E-state index is 13.3. The van der Waals surface area contributed by atoms with E-state index in [4.69, 9.17) is 4.74 Å². The van der Waals surface area contributed by atoms with Crippen LogP contribution in [0.25, 0.3) is 0 Å². The van der Waals surface area contributed by atoms with Crippen LogP contribution >= 0.6 is 0 Å². The molecule has 0 radical (unpaired) electrons. The molecular weight excluding hydrogens is 226 g/mol. The Morgan fingerprint density at radius 2 is 1.82 bits per heavy atom. The first-order valence-corrected chi connectivity index (χ1v) is 5.60. The molecule has 1 fully saturated rings. The van der Waals surface area contributed by atoms with E-state index in [1.807, 2.05) is 0 Å². The van der Waals surface area contributed by atoms with Gasteiger partial charge in [-0.2, -0.15) is 0 Å². The average molecular weight is 240 g/mol. The fourth-order valence-corrected chi connectivity index (χ4v) is 2.07. The predicted molar refractivity (Wildman–Crippen MR) is 58.6 cm³/mol. The SMILES string of the molecule is CC(=O)OC1CC(c2cc(F)c(C)c(F)c2)C1. The van der Waals surface area contributed by atoms with Crippen LogP contribution in [0, 0.1) is 18.6 Å². The number of halogens is 2. The van der Waals surface area contributed by atoms with Crippen molar-refractivity contribution in [3.63, 3.8) is 0 Å². The van der Waals surface area contributed by atoms with Crippen LogP contribution < -0.4 is 0 Å². The van der Waals surface area contributed by atoms with E-state index in [0.29, 0.717) is 18.4 Å². The summed E-state index contributed by atoms with van der Waals surface area (Å²) in [6.45, 7) is 2.77. The maximum absolute atomic E-state index is 13.3. The molecule has 0 spiro atoms. The van der Waals surface area contributed by atoms with Gasteiger partial charge in [-0.15, -0.1) is 0 Å². The van der Waals surface area contributed by atoms with Crippen LogP contribution in [0.2, 0.25) is 0 Å².